The van der Waals surface area contributed by atoms with E-state index in [0.717, 1.165) is 9.13 Å². The van der Waals surface area contributed by atoms with Crippen molar-refractivity contribution in [1.29, 1.82) is 0 Å². The third-order valence-corrected chi connectivity index (χ3v) is 3.84. The summed E-state index contributed by atoms with van der Waals surface area (Å²) >= 11 is 8.08. The molecule has 0 spiro atoms. The van der Waals surface area contributed by atoms with Gasteiger partial charge in [-0.1, -0.05) is 29.8 Å². The number of carbonyl (C=O) groups excluding carboxylic acids is 2. The normalized spacial score (nSPS) is 10.6. The van der Waals surface area contributed by atoms with Gasteiger partial charge in [0.05, 0.1) is 11.3 Å². The first-order chi connectivity index (χ1) is 10.5. The number of nitrogens with one attached hydrogen (secondary N) is 1. The highest BCUT2D eigenvalue weighted by Crippen LogP contribution is 2.19. The molecule has 0 aromatic heterocycles. The summed E-state index contributed by atoms with van der Waals surface area (Å²) in [6, 6.07) is 12.2. The number of anilines is 1. The van der Waals surface area contributed by atoms with E-state index >= 15 is 0 Å². The molecular formula is C16H12ClIN2O2. The smallest absolute Gasteiger partial charge is 0.250 e. The van der Waals surface area contributed by atoms with Crippen LogP contribution in [0.1, 0.15) is 15.9 Å². The molecule has 4 nitrogen and oxygen atoms in total. The number of nitrogens with two attached hydrogens (primary N) is 1. The quantitative estimate of drug-likeness (QED) is 0.578. The molecule has 3 N–H and O–H groups in total. The number of hydrogen-bond donors (Lipinski definition) is 2. The number of benzene rings is 2. The summed E-state index contributed by atoms with van der Waals surface area (Å²) < 4.78 is 0.857. The van der Waals surface area contributed by atoms with E-state index in [9.17, 15) is 9.59 Å². The van der Waals surface area contributed by atoms with Gasteiger partial charge in [0.25, 0.3) is 5.91 Å². The van der Waals surface area contributed by atoms with E-state index in [-0.39, 0.29) is 11.5 Å². The Hall–Kier alpha value is -1.86. The molecule has 2 aromatic carbocycles. The molecule has 0 atom stereocenters. The summed E-state index contributed by atoms with van der Waals surface area (Å²) in [5.41, 5.74) is 6.69. The van der Waals surface area contributed by atoms with Crippen molar-refractivity contribution in [2.75, 3.05) is 5.32 Å². The van der Waals surface area contributed by atoms with E-state index in [1.54, 1.807) is 36.4 Å². The second kappa shape index (κ2) is 7.42. The van der Waals surface area contributed by atoms with E-state index in [1.807, 2.05) is 12.1 Å². The highest BCUT2D eigenvalue weighted by atomic mass is 127. The van der Waals surface area contributed by atoms with Crippen molar-refractivity contribution in [2.45, 2.75) is 0 Å². The fraction of sp³-hybridized carbons (Fsp3) is 0. The van der Waals surface area contributed by atoms with E-state index in [2.05, 4.69) is 27.9 Å². The lowest BCUT2D eigenvalue weighted by Gasteiger charge is -2.07. The second-order valence-electron chi connectivity index (χ2n) is 4.40. The molecule has 0 aliphatic carbocycles. The molecule has 22 heavy (non-hydrogen) atoms. The molecule has 2 amide bonds. The van der Waals surface area contributed by atoms with Crippen LogP contribution in [0.25, 0.3) is 6.08 Å². The Morgan fingerprint density at radius 1 is 1.18 bits per heavy atom. The predicted molar refractivity (Wildman–Crippen MR) is 96.8 cm³/mol. The molecule has 0 fully saturated rings. The molecule has 0 heterocycles. The fourth-order valence-corrected chi connectivity index (χ4v) is 2.47. The summed E-state index contributed by atoms with van der Waals surface area (Å²) in [5, 5.41) is 3.19. The Balaban J connectivity index is 2.16. The van der Waals surface area contributed by atoms with Crippen LogP contribution < -0.4 is 11.1 Å². The van der Waals surface area contributed by atoms with Gasteiger partial charge in [-0.3, -0.25) is 9.59 Å². The van der Waals surface area contributed by atoms with Crippen LogP contribution in [0.5, 0.6) is 0 Å². The van der Waals surface area contributed by atoms with Crippen molar-refractivity contribution < 1.29 is 9.59 Å². The maximum absolute atomic E-state index is 12.0. The van der Waals surface area contributed by atoms with Crippen molar-refractivity contribution >= 4 is 57.8 Å². The lowest BCUT2D eigenvalue weighted by atomic mass is 10.1. The van der Waals surface area contributed by atoms with Crippen LogP contribution in [0.15, 0.2) is 48.5 Å². The Morgan fingerprint density at radius 3 is 2.59 bits per heavy atom. The van der Waals surface area contributed by atoms with Crippen molar-refractivity contribution in [3.8, 4) is 0 Å². The van der Waals surface area contributed by atoms with Crippen molar-refractivity contribution in [3.05, 3.63) is 68.3 Å². The first-order valence-corrected chi connectivity index (χ1v) is 7.76. The molecule has 0 bridgehead atoms. The maximum atomic E-state index is 12.0. The van der Waals surface area contributed by atoms with Gasteiger partial charge in [0.1, 0.15) is 0 Å². The minimum atomic E-state index is -0.594. The highest BCUT2D eigenvalue weighted by molar-refractivity contribution is 14.1. The average Bonchev–Trinajstić information content (AvgIpc) is 2.48. The number of rotatable bonds is 4. The third-order valence-electron chi connectivity index (χ3n) is 2.82. The van der Waals surface area contributed by atoms with E-state index in [0.29, 0.717) is 10.7 Å². The molecule has 0 aliphatic heterocycles. The molecule has 0 saturated heterocycles. The van der Waals surface area contributed by atoms with Gasteiger partial charge in [0.2, 0.25) is 5.91 Å². The Kier molecular flexibility index (Phi) is 5.57. The Labute approximate surface area is 146 Å². The summed E-state index contributed by atoms with van der Waals surface area (Å²) in [6.07, 6.45) is 2.96. The van der Waals surface area contributed by atoms with Gasteiger partial charge in [-0.2, -0.15) is 0 Å². The fourth-order valence-electron chi connectivity index (χ4n) is 1.78. The number of amides is 2. The second-order valence-corrected chi connectivity index (χ2v) is 6.05. The largest absolute Gasteiger partial charge is 0.366 e. The van der Waals surface area contributed by atoms with Gasteiger partial charge >= 0.3 is 0 Å². The Bertz CT molecular complexity index is 760. The van der Waals surface area contributed by atoms with Crippen LogP contribution in [0.4, 0.5) is 5.69 Å². The van der Waals surface area contributed by atoms with Crippen LogP contribution in [-0.2, 0) is 4.79 Å². The third kappa shape index (κ3) is 4.32. The number of halogens is 2. The first-order valence-electron chi connectivity index (χ1n) is 6.30. The van der Waals surface area contributed by atoms with Gasteiger partial charge in [-0.15, -0.1) is 0 Å². The topological polar surface area (TPSA) is 72.2 Å². The standard InChI is InChI=1S/C16H12ClIN2O2/c17-13-4-2-1-3-10(13)5-8-15(21)20-14-7-6-11(18)9-12(14)16(19)22/h1-9H,(H2,19,22)(H,20,21)/b8-5+. The van der Waals surface area contributed by atoms with Gasteiger partial charge < -0.3 is 11.1 Å². The van der Waals surface area contributed by atoms with Crippen molar-refractivity contribution in [1.82, 2.24) is 0 Å². The van der Waals surface area contributed by atoms with Crippen LogP contribution >= 0.6 is 34.2 Å². The first kappa shape index (κ1) is 16.5. The number of hydrogen-bond acceptors (Lipinski definition) is 2. The summed E-state index contributed by atoms with van der Waals surface area (Å²) in [7, 11) is 0. The Morgan fingerprint density at radius 2 is 1.91 bits per heavy atom. The summed E-state index contributed by atoms with van der Waals surface area (Å²) in [4.78, 5) is 23.4. The SMILES string of the molecule is NC(=O)c1cc(I)ccc1NC(=O)/C=C/c1ccccc1Cl. The molecule has 6 heteroatoms. The minimum Gasteiger partial charge on any atom is -0.366 e. The molecule has 0 aliphatic rings. The highest BCUT2D eigenvalue weighted by Gasteiger charge is 2.10. The monoisotopic (exact) mass is 426 g/mol. The van der Waals surface area contributed by atoms with Crippen molar-refractivity contribution in [2.24, 2.45) is 5.73 Å². The van der Waals surface area contributed by atoms with Gasteiger partial charge in [0, 0.05) is 14.7 Å². The van der Waals surface area contributed by atoms with E-state index < -0.39 is 5.91 Å². The lowest BCUT2D eigenvalue weighted by Crippen LogP contribution is -2.17. The van der Waals surface area contributed by atoms with Gasteiger partial charge in [0.15, 0.2) is 0 Å². The number of primary amides is 1. The lowest BCUT2D eigenvalue weighted by molar-refractivity contribution is -0.111. The van der Waals surface area contributed by atoms with Gasteiger partial charge in [-0.25, -0.2) is 0 Å². The molecule has 2 aromatic rings. The van der Waals surface area contributed by atoms with E-state index in [1.165, 1.54) is 6.08 Å². The zero-order valence-electron chi connectivity index (χ0n) is 11.3. The van der Waals surface area contributed by atoms with E-state index in [4.69, 9.17) is 17.3 Å². The minimum absolute atomic E-state index is 0.270. The van der Waals surface area contributed by atoms with Crippen LogP contribution in [0, 0.1) is 3.57 Å². The van der Waals surface area contributed by atoms with Crippen LogP contribution in [0.2, 0.25) is 5.02 Å². The van der Waals surface area contributed by atoms with Crippen LogP contribution in [-0.4, -0.2) is 11.8 Å². The molecule has 0 unspecified atom stereocenters. The van der Waals surface area contributed by atoms with Crippen molar-refractivity contribution in [3.63, 3.8) is 0 Å². The molecule has 112 valence electrons. The average molecular weight is 427 g/mol. The molecule has 0 saturated carbocycles. The molecule has 2 rings (SSSR count). The predicted octanol–water partition coefficient (Wildman–Crippen LogP) is 3.70. The van der Waals surface area contributed by atoms with Crippen LogP contribution in [0.3, 0.4) is 0 Å². The zero-order valence-corrected chi connectivity index (χ0v) is 14.3. The summed E-state index contributed by atoms with van der Waals surface area (Å²) in [5.74, 6) is -0.965. The zero-order chi connectivity index (χ0) is 16.1. The molecule has 0 radical (unpaired) electrons. The molecular weight excluding hydrogens is 415 g/mol. The number of carbonyl (C=O) groups is 2. The maximum Gasteiger partial charge on any atom is 0.250 e. The van der Waals surface area contributed by atoms with Gasteiger partial charge in [-0.05, 0) is 58.5 Å². The summed E-state index contributed by atoms with van der Waals surface area (Å²) in [6.45, 7) is 0.